The quantitative estimate of drug-likeness (QED) is 0.845. The summed E-state index contributed by atoms with van der Waals surface area (Å²) in [4.78, 5) is 0. The average molecular weight is 260 g/mol. The van der Waals surface area contributed by atoms with E-state index in [-0.39, 0.29) is 10.6 Å². The molecule has 1 aliphatic carbocycles. The summed E-state index contributed by atoms with van der Waals surface area (Å²) in [5, 5.41) is -0.427. The maximum absolute atomic E-state index is 11.8. The fraction of sp³-hybridized carbons (Fsp3) is 0.455. The molecule has 1 atom stereocenters. The zero-order chi connectivity index (χ0) is 11.8. The van der Waals surface area contributed by atoms with Gasteiger partial charge in [-0.05, 0) is 31.4 Å². The third-order valence-electron chi connectivity index (χ3n) is 2.60. The van der Waals surface area contributed by atoms with E-state index in [1.165, 1.54) is 0 Å². The molecule has 1 aromatic rings. The Hall–Kier alpha value is -0.740. The van der Waals surface area contributed by atoms with Crippen molar-refractivity contribution >= 4 is 27.3 Å². The predicted molar refractivity (Wildman–Crippen MR) is 66.3 cm³/mol. The Labute approximate surface area is 101 Å². The molecule has 2 rings (SSSR count). The number of sulfonamides is 1. The lowest BCUT2D eigenvalue weighted by atomic mass is 10.1. The van der Waals surface area contributed by atoms with Crippen LogP contribution in [-0.2, 0) is 10.0 Å². The Kier molecular flexibility index (Phi) is 3.13. The minimum atomic E-state index is -3.20. The molecule has 0 amide bonds. The van der Waals surface area contributed by atoms with Crippen molar-refractivity contribution in [2.24, 2.45) is 0 Å². The fourth-order valence-electron chi connectivity index (χ4n) is 1.55. The minimum absolute atomic E-state index is 0.210. The molecule has 0 saturated heterocycles. The molecule has 0 spiro atoms. The molecule has 0 aliphatic heterocycles. The van der Waals surface area contributed by atoms with Gasteiger partial charge in [-0.2, -0.15) is 0 Å². The molecule has 0 heterocycles. The summed E-state index contributed by atoms with van der Waals surface area (Å²) < 4.78 is 26.2. The van der Waals surface area contributed by atoms with E-state index in [0.717, 1.165) is 18.4 Å². The lowest BCUT2D eigenvalue weighted by Crippen LogP contribution is -2.18. The van der Waals surface area contributed by atoms with Crippen LogP contribution in [0.15, 0.2) is 24.3 Å². The van der Waals surface area contributed by atoms with Gasteiger partial charge in [-0.15, -0.1) is 11.6 Å². The van der Waals surface area contributed by atoms with E-state index in [9.17, 15) is 8.42 Å². The molecule has 1 aromatic carbocycles. The monoisotopic (exact) mass is 259 g/mol. The molecule has 1 saturated carbocycles. The van der Waals surface area contributed by atoms with Crippen LogP contribution in [0.3, 0.4) is 0 Å². The Bertz CT molecular complexity index is 481. The molecule has 0 radical (unpaired) electrons. The van der Waals surface area contributed by atoms with E-state index in [2.05, 4.69) is 4.72 Å². The smallest absolute Gasteiger partial charge is 0.235 e. The van der Waals surface area contributed by atoms with Gasteiger partial charge in [-0.1, -0.05) is 18.2 Å². The van der Waals surface area contributed by atoms with E-state index < -0.39 is 10.0 Å². The number of hydrogen-bond acceptors (Lipinski definition) is 2. The van der Waals surface area contributed by atoms with E-state index >= 15 is 0 Å². The summed E-state index contributed by atoms with van der Waals surface area (Å²) in [6.45, 7) is 1.83. The van der Waals surface area contributed by atoms with Gasteiger partial charge >= 0.3 is 0 Å². The van der Waals surface area contributed by atoms with Gasteiger partial charge in [0, 0.05) is 0 Å². The second-order valence-corrected chi connectivity index (χ2v) is 6.67. The highest BCUT2D eigenvalue weighted by Gasteiger charge is 2.36. The van der Waals surface area contributed by atoms with Crippen molar-refractivity contribution in [3.8, 4) is 0 Å². The van der Waals surface area contributed by atoms with Crippen LogP contribution in [0.5, 0.6) is 0 Å². The van der Waals surface area contributed by atoms with Gasteiger partial charge < -0.3 is 0 Å². The molecule has 5 heteroatoms. The first-order valence-electron chi connectivity index (χ1n) is 5.25. The third kappa shape index (κ3) is 2.50. The predicted octanol–water partition coefficient (Wildman–Crippen LogP) is 2.89. The van der Waals surface area contributed by atoms with Gasteiger partial charge in [-0.3, -0.25) is 4.72 Å². The summed E-state index contributed by atoms with van der Waals surface area (Å²) >= 11 is 6.00. The average Bonchev–Trinajstić information content (AvgIpc) is 3.00. The van der Waals surface area contributed by atoms with E-state index in [1.54, 1.807) is 12.1 Å². The molecule has 1 unspecified atom stereocenters. The number of alkyl halides is 1. The van der Waals surface area contributed by atoms with Crippen LogP contribution in [0.25, 0.3) is 0 Å². The van der Waals surface area contributed by atoms with E-state index in [0.29, 0.717) is 5.69 Å². The summed E-state index contributed by atoms with van der Waals surface area (Å²) in [7, 11) is -3.20. The maximum Gasteiger partial charge on any atom is 0.235 e. The van der Waals surface area contributed by atoms with E-state index in [1.807, 2.05) is 19.1 Å². The normalized spacial score (nSPS) is 18.1. The Morgan fingerprint density at radius 2 is 2.00 bits per heavy atom. The van der Waals surface area contributed by atoms with Gasteiger partial charge in [0.2, 0.25) is 10.0 Å². The lowest BCUT2D eigenvalue weighted by molar-refractivity contribution is 0.600. The van der Waals surface area contributed by atoms with Gasteiger partial charge in [0.15, 0.2) is 0 Å². The molecule has 0 aromatic heterocycles. The standard InChI is InChI=1S/C11H14ClNO2S/c1-8(12)10-4-2-3-5-11(10)13-16(14,15)9-6-7-9/h2-5,8-9,13H,6-7H2,1H3. The molecule has 3 nitrogen and oxygen atoms in total. The maximum atomic E-state index is 11.8. The first-order chi connectivity index (χ1) is 7.50. The second kappa shape index (κ2) is 4.26. The highest BCUT2D eigenvalue weighted by Crippen LogP contribution is 2.33. The molecular weight excluding hydrogens is 246 g/mol. The SMILES string of the molecule is CC(Cl)c1ccccc1NS(=O)(=O)C1CC1. The van der Waals surface area contributed by atoms with Gasteiger partial charge in [0.1, 0.15) is 0 Å². The van der Waals surface area contributed by atoms with Crippen molar-refractivity contribution in [2.75, 3.05) is 4.72 Å². The van der Waals surface area contributed by atoms with Crippen LogP contribution in [0, 0.1) is 0 Å². The molecule has 1 N–H and O–H groups in total. The van der Waals surface area contributed by atoms with Crippen molar-refractivity contribution in [1.29, 1.82) is 0 Å². The van der Waals surface area contributed by atoms with Crippen molar-refractivity contribution in [3.63, 3.8) is 0 Å². The summed E-state index contributed by atoms with van der Waals surface area (Å²) in [5.74, 6) is 0. The number of anilines is 1. The highest BCUT2D eigenvalue weighted by molar-refractivity contribution is 7.93. The van der Waals surface area contributed by atoms with Crippen LogP contribution < -0.4 is 4.72 Å². The number of nitrogens with one attached hydrogen (secondary N) is 1. The van der Waals surface area contributed by atoms with Crippen molar-refractivity contribution in [3.05, 3.63) is 29.8 Å². The topological polar surface area (TPSA) is 46.2 Å². The Balaban J connectivity index is 2.27. The summed E-state index contributed by atoms with van der Waals surface area (Å²) in [5.41, 5.74) is 1.41. The molecule has 16 heavy (non-hydrogen) atoms. The van der Waals surface area contributed by atoms with Crippen LogP contribution in [0.4, 0.5) is 5.69 Å². The summed E-state index contributed by atoms with van der Waals surface area (Å²) in [6.07, 6.45) is 1.52. The Morgan fingerprint density at radius 3 is 2.56 bits per heavy atom. The first kappa shape index (κ1) is 11.7. The molecule has 0 bridgehead atoms. The number of hydrogen-bond donors (Lipinski definition) is 1. The van der Waals surface area contributed by atoms with Crippen molar-refractivity contribution < 1.29 is 8.42 Å². The van der Waals surface area contributed by atoms with Gasteiger partial charge in [0.25, 0.3) is 0 Å². The van der Waals surface area contributed by atoms with Crippen molar-refractivity contribution in [1.82, 2.24) is 0 Å². The van der Waals surface area contributed by atoms with Gasteiger partial charge in [-0.25, -0.2) is 8.42 Å². The van der Waals surface area contributed by atoms with Crippen molar-refractivity contribution in [2.45, 2.75) is 30.4 Å². The van der Waals surface area contributed by atoms with Crippen LogP contribution >= 0.6 is 11.6 Å². The lowest BCUT2D eigenvalue weighted by Gasteiger charge is -2.13. The van der Waals surface area contributed by atoms with Crippen LogP contribution in [0.1, 0.15) is 30.7 Å². The molecule has 1 fully saturated rings. The number of halogens is 1. The second-order valence-electron chi connectivity index (χ2n) is 4.05. The molecule has 1 aliphatic rings. The first-order valence-corrected chi connectivity index (χ1v) is 7.23. The summed E-state index contributed by atoms with van der Waals surface area (Å²) in [6, 6.07) is 7.23. The highest BCUT2D eigenvalue weighted by atomic mass is 35.5. The van der Waals surface area contributed by atoms with E-state index in [4.69, 9.17) is 11.6 Å². The minimum Gasteiger partial charge on any atom is -0.283 e. The molecule has 88 valence electrons. The van der Waals surface area contributed by atoms with Crippen LogP contribution in [0.2, 0.25) is 0 Å². The fourth-order valence-corrected chi connectivity index (χ4v) is 3.16. The largest absolute Gasteiger partial charge is 0.283 e. The molecular formula is C11H14ClNO2S. The number of para-hydroxylation sites is 1. The van der Waals surface area contributed by atoms with Crippen LogP contribution in [-0.4, -0.2) is 13.7 Å². The number of rotatable bonds is 4. The van der Waals surface area contributed by atoms with Gasteiger partial charge in [0.05, 0.1) is 16.3 Å². The number of benzene rings is 1. The zero-order valence-electron chi connectivity index (χ0n) is 8.98. The zero-order valence-corrected chi connectivity index (χ0v) is 10.6. The third-order valence-corrected chi connectivity index (χ3v) is 4.69. The Morgan fingerprint density at radius 1 is 1.38 bits per heavy atom.